The van der Waals surface area contributed by atoms with Crippen molar-refractivity contribution >= 4 is 11.9 Å². The number of hydrogen-bond acceptors (Lipinski definition) is 5. The van der Waals surface area contributed by atoms with Crippen molar-refractivity contribution in [3.63, 3.8) is 0 Å². The van der Waals surface area contributed by atoms with E-state index in [-0.39, 0.29) is 18.5 Å². The maximum absolute atomic E-state index is 12.8. The lowest BCUT2D eigenvalue weighted by Crippen LogP contribution is -2.30. The zero-order valence-corrected chi connectivity index (χ0v) is 45.2. The Morgan fingerprint density at radius 3 is 0.924 bits per heavy atom. The van der Waals surface area contributed by atoms with Gasteiger partial charge in [0.05, 0.1) is 6.61 Å². The van der Waals surface area contributed by atoms with Crippen molar-refractivity contribution in [3.05, 3.63) is 12.2 Å². The molecular formula is C61H118O5. The van der Waals surface area contributed by atoms with Crippen molar-refractivity contribution in [1.29, 1.82) is 0 Å². The molecule has 5 heteroatoms. The van der Waals surface area contributed by atoms with Crippen molar-refractivity contribution in [2.24, 2.45) is 0 Å². The third-order valence-corrected chi connectivity index (χ3v) is 13.8. The highest BCUT2D eigenvalue weighted by Crippen LogP contribution is 2.17. The molecule has 0 rings (SSSR count). The number of unbranched alkanes of at least 4 members (excludes halogenated alkanes) is 44. The van der Waals surface area contributed by atoms with Crippen LogP contribution in [-0.4, -0.2) is 37.9 Å². The molecule has 0 aromatic rings. The quantitative estimate of drug-likeness (QED) is 0.0345. The van der Waals surface area contributed by atoms with Gasteiger partial charge in [-0.25, -0.2) is 0 Å². The highest BCUT2D eigenvalue weighted by molar-refractivity contribution is 5.70. The van der Waals surface area contributed by atoms with Gasteiger partial charge in [-0.2, -0.15) is 0 Å². The van der Waals surface area contributed by atoms with Gasteiger partial charge in [-0.05, 0) is 44.9 Å². The Kier molecular flexibility index (Phi) is 56.8. The normalized spacial score (nSPS) is 12.1. The topological polar surface area (TPSA) is 61.8 Å². The van der Waals surface area contributed by atoms with Crippen LogP contribution in [0.25, 0.3) is 0 Å². The fourth-order valence-electron chi connectivity index (χ4n) is 9.27. The van der Waals surface area contributed by atoms with E-state index in [2.05, 4.69) is 32.9 Å². The average molecular weight is 932 g/mol. The monoisotopic (exact) mass is 931 g/mol. The van der Waals surface area contributed by atoms with Gasteiger partial charge < -0.3 is 14.2 Å². The average Bonchev–Trinajstić information content (AvgIpc) is 3.32. The van der Waals surface area contributed by atoms with Gasteiger partial charge in [0.25, 0.3) is 0 Å². The summed E-state index contributed by atoms with van der Waals surface area (Å²) in [5, 5.41) is 0. The van der Waals surface area contributed by atoms with E-state index in [4.69, 9.17) is 14.2 Å². The molecule has 0 radical (unpaired) electrons. The highest BCUT2D eigenvalue weighted by Gasteiger charge is 2.18. The number of ether oxygens (including phenoxy) is 3. The first-order valence-electron chi connectivity index (χ1n) is 30.2. The minimum atomic E-state index is -0.528. The fourth-order valence-corrected chi connectivity index (χ4v) is 9.27. The molecule has 1 unspecified atom stereocenters. The van der Waals surface area contributed by atoms with Crippen LogP contribution in [0.1, 0.15) is 342 Å². The Morgan fingerprint density at radius 1 is 0.318 bits per heavy atom. The molecule has 5 nitrogen and oxygen atoms in total. The highest BCUT2D eigenvalue weighted by atomic mass is 16.6. The molecule has 0 aliphatic rings. The molecule has 0 aromatic carbocycles. The molecule has 0 N–H and O–H groups in total. The number of esters is 2. The first-order chi connectivity index (χ1) is 32.6. The molecule has 392 valence electrons. The van der Waals surface area contributed by atoms with Crippen LogP contribution in [0.4, 0.5) is 0 Å². The van der Waals surface area contributed by atoms with E-state index in [1.54, 1.807) is 0 Å². The predicted octanol–water partition coefficient (Wildman–Crippen LogP) is 20.6. The lowest BCUT2D eigenvalue weighted by atomic mass is 10.0. The van der Waals surface area contributed by atoms with Gasteiger partial charge >= 0.3 is 11.9 Å². The third kappa shape index (κ3) is 55.2. The predicted molar refractivity (Wildman–Crippen MR) is 289 cm³/mol. The Labute approximate surface area is 414 Å². The van der Waals surface area contributed by atoms with Crippen LogP contribution < -0.4 is 0 Å². The molecule has 0 aliphatic heterocycles. The number of allylic oxidation sites excluding steroid dienone is 2. The summed E-state index contributed by atoms with van der Waals surface area (Å²) in [6, 6.07) is 0. The number of carbonyl (C=O) groups is 2. The first-order valence-corrected chi connectivity index (χ1v) is 30.2. The van der Waals surface area contributed by atoms with E-state index in [0.29, 0.717) is 26.1 Å². The van der Waals surface area contributed by atoms with Crippen molar-refractivity contribution < 1.29 is 23.8 Å². The molecule has 0 aliphatic carbocycles. The van der Waals surface area contributed by atoms with Crippen LogP contribution in [0, 0.1) is 0 Å². The molecule has 0 heterocycles. The van der Waals surface area contributed by atoms with Crippen LogP contribution in [-0.2, 0) is 23.8 Å². The van der Waals surface area contributed by atoms with Crippen molar-refractivity contribution in [3.8, 4) is 0 Å². The molecule has 0 saturated heterocycles. The van der Waals surface area contributed by atoms with Crippen LogP contribution in [0.2, 0.25) is 0 Å². The Hall–Kier alpha value is -1.36. The smallest absolute Gasteiger partial charge is 0.306 e. The summed E-state index contributed by atoms with van der Waals surface area (Å²) in [7, 11) is 0. The maximum Gasteiger partial charge on any atom is 0.306 e. The van der Waals surface area contributed by atoms with E-state index >= 15 is 0 Å². The van der Waals surface area contributed by atoms with Crippen molar-refractivity contribution in [1.82, 2.24) is 0 Å². The van der Waals surface area contributed by atoms with Crippen LogP contribution in [0.5, 0.6) is 0 Å². The van der Waals surface area contributed by atoms with E-state index in [9.17, 15) is 9.59 Å². The van der Waals surface area contributed by atoms with Gasteiger partial charge in [0.1, 0.15) is 6.61 Å². The number of rotatable bonds is 57. The zero-order valence-electron chi connectivity index (χ0n) is 45.2. The number of hydrogen-bond donors (Lipinski definition) is 0. The molecule has 0 fully saturated rings. The second-order valence-electron chi connectivity index (χ2n) is 20.6. The summed E-state index contributed by atoms with van der Waals surface area (Å²) in [4.78, 5) is 25.5. The van der Waals surface area contributed by atoms with E-state index in [0.717, 1.165) is 32.1 Å². The Bertz CT molecular complexity index is 963. The molecular weight excluding hydrogens is 813 g/mol. The summed E-state index contributed by atoms with van der Waals surface area (Å²) < 4.78 is 17.5. The van der Waals surface area contributed by atoms with Crippen LogP contribution in [0.15, 0.2) is 12.2 Å². The Balaban J connectivity index is 4.17. The summed E-state index contributed by atoms with van der Waals surface area (Å²) >= 11 is 0. The number of carbonyl (C=O) groups excluding carboxylic acids is 2. The molecule has 0 saturated carbocycles. The SMILES string of the molecule is CCCCCCCC/C=C\CCCCCCCCCCCC(=O)OCC(COCCCCCCCCCCCCCCCCCCCC)OC(=O)CCCCCCCCCCCCCCC. The van der Waals surface area contributed by atoms with E-state index in [1.807, 2.05) is 0 Å². The van der Waals surface area contributed by atoms with Crippen molar-refractivity contribution in [2.45, 2.75) is 348 Å². The molecule has 0 amide bonds. The second-order valence-corrected chi connectivity index (χ2v) is 20.6. The van der Waals surface area contributed by atoms with Gasteiger partial charge in [0, 0.05) is 19.4 Å². The van der Waals surface area contributed by atoms with Crippen LogP contribution >= 0.6 is 0 Å². The lowest BCUT2D eigenvalue weighted by Gasteiger charge is -2.18. The second kappa shape index (κ2) is 58.0. The summed E-state index contributed by atoms with van der Waals surface area (Å²) in [6.07, 6.45) is 68.1. The Morgan fingerprint density at radius 2 is 0.591 bits per heavy atom. The lowest BCUT2D eigenvalue weighted by molar-refractivity contribution is -0.163. The summed E-state index contributed by atoms with van der Waals surface area (Å²) in [5.74, 6) is -0.372. The fraction of sp³-hybridized carbons (Fsp3) is 0.934. The van der Waals surface area contributed by atoms with Gasteiger partial charge in [-0.1, -0.05) is 296 Å². The molecule has 66 heavy (non-hydrogen) atoms. The molecule has 0 aromatic heterocycles. The van der Waals surface area contributed by atoms with Gasteiger partial charge in [0.2, 0.25) is 0 Å². The minimum Gasteiger partial charge on any atom is -0.462 e. The van der Waals surface area contributed by atoms with Gasteiger partial charge in [-0.3, -0.25) is 9.59 Å². The standard InChI is InChI=1S/C61H118O5/c1-4-7-10-13-16-19-22-25-27-29-31-32-34-37-39-42-45-48-51-54-60(62)65-58-59(66-61(63)55-52-49-46-43-40-36-24-21-18-15-12-9-6-3)57-64-56-53-50-47-44-41-38-35-33-30-28-26-23-20-17-14-11-8-5-2/h25,27,59H,4-24,26,28-58H2,1-3H3/b27-25-. The molecule has 1 atom stereocenters. The molecule has 0 bridgehead atoms. The summed E-state index contributed by atoms with van der Waals surface area (Å²) in [6.45, 7) is 7.91. The molecule has 0 spiro atoms. The first kappa shape index (κ1) is 64.6. The van der Waals surface area contributed by atoms with Crippen molar-refractivity contribution in [2.75, 3.05) is 19.8 Å². The van der Waals surface area contributed by atoms with E-state index in [1.165, 1.54) is 276 Å². The van der Waals surface area contributed by atoms with Crippen LogP contribution in [0.3, 0.4) is 0 Å². The third-order valence-electron chi connectivity index (χ3n) is 13.8. The minimum absolute atomic E-state index is 0.0945. The van der Waals surface area contributed by atoms with Gasteiger partial charge in [0.15, 0.2) is 6.10 Å². The maximum atomic E-state index is 12.8. The van der Waals surface area contributed by atoms with Gasteiger partial charge in [-0.15, -0.1) is 0 Å². The zero-order chi connectivity index (χ0) is 47.7. The summed E-state index contributed by atoms with van der Waals surface area (Å²) in [5.41, 5.74) is 0. The largest absolute Gasteiger partial charge is 0.462 e. The van der Waals surface area contributed by atoms with E-state index < -0.39 is 6.10 Å².